The second kappa shape index (κ2) is 9.13. The fourth-order valence-electron chi connectivity index (χ4n) is 4.28. The molecule has 2 atom stereocenters. The van der Waals surface area contributed by atoms with Gasteiger partial charge in [-0.15, -0.1) is 0 Å². The van der Waals surface area contributed by atoms with Crippen molar-refractivity contribution in [1.29, 1.82) is 0 Å². The Hall–Kier alpha value is -2.18. The van der Waals surface area contributed by atoms with Crippen molar-refractivity contribution < 1.29 is 23.0 Å². The second-order valence-electron chi connectivity index (χ2n) is 8.35. The monoisotopic (exact) mass is 449 g/mol. The minimum Gasteiger partial charge on any atom is -0.489 e. The zero-order valence-corrected chi connectivity index (χ0v) is 18.4. The summed E-state index contributed by atoms with van der Waals surface area (Å²) in [7, 11) is 1.24. The highest BCUT2D eigenvalue weighted by Crippen LogP contribution is 2.45. The van der Waals surface area contributed by atoms with E-state index in [-0.39, 0.29) is 29.4 Å². The largest absolute Gasteiger partial charge is 0.489 e. The lowest BCUT2D eigenvalue weighted by Gasteiger charge is -2.37. The first-order valence-electron chi connectivity index (χ1n) is 10.6. The maximum atomic E-state index is 14.6. The summed E-state index contributed by atoms with van der Waals surface area (Å²) in [5.41, 5.74) is 1.69. The molecule has 0 N–H and O–H groups in total. The van der Waals surface area contributed by atoms with E-state index in [4.69, 9.17) is 21.1 Å². The van der Waals surface area contributed by atoms with Crippen LogP contribution in [0, 0.1) is 11.6 Å². The molecule has 1 aliphatic carbocycles. The van der Waals surface area contributed by atoms with Crippen LogP contribution in [0.2, 0.25) is 5.02 Å². The topological polar surface area (TPSA) is 38.8 Å². The molecule has 0 spiro atoms. The maximum Gasteiger partial charge on any atom is 0.340 e. The molecule has 0 amide bonds. The minimum absolute atomic E-state index is 0.000777. The van der Waals surface area contributed by atoms with E-state index in [1.54, 1.807) is 12.1 Å². The van der Waals surface area contributed by atoms with Gasteiger partial charge in [0, 0.05) is 23.7 Å². The number of carbonyl (C=O) groups excluding carboxylic acids is 1. The molecular formula is C24H26ClF2NO3. The van der Waals surface area contributed by atoms with E-state index in [0.29, 0.717) is 17.3 Å². The Balaban J connectivity index is 1.52. The highest BCUT2D eigenvalue weighted by atomic mass is 35.5. The number of ether oxygens (including phenoxy) is 2. The predicted molar refractivity (Wildman–Crippen MR) is 115 cm³/mol. The van der Waals surface area contributed by atoms with Crippen molar-refractivity contribution in [3.05, 3.63) is 63.7 Å². The minimum atomic E-state index is -0.681. The summed E-state index contributed by atoms with van der Waals surface area (Å²) >= 11 is 6.26. The van der Waals surface area contributed by atoms with Crippen molar-refractivity contribution in [1.82, 2.24) is 4.90 Å². The standard InChI is InChI=1S/C24H26ClF2NO3/c1-14(18-8-7-16(26)10-21(18)25)28-9-3-4-17(13-28)31-23-12-22(27)20(24(29)30-2)11-19(23)15-5-6-15/h7-8,10-12,14-15,17H,3-6,9,13H2,1-2H3/t14-,17?/m0/s1. The number of carbonyl (C=O) groups is 1. The number of rotatable bonds is 6. The first kappa shape index (κ1) is 22.0. The summed E-state index contributed by atoms with van der Waals surface area (Å²) in [4.78, 5) is 14.1. The Morgan fingerprint density at radius 2 is 1.97 bits per heavy atom. The van der Waals surface area contributed by atoms with Gasteiger partial charge in [-0.3, -0.25) is 4.90 Å². The molecule has 2 aliphatic rings. The number of halogens is 3. The van der Waals surface area contributed by atoms with Gasteiger partial charge >= 0.3 is 5.97 Å². The number of hydrogen-bond donors (Lipinski definition) is 0. The molecule has 7 heteroatoms. The third-order valence-corrected chi connectivity index (χ3v) is 6.51. The predicted octanol–water partition coefficient (Wildman–Crippen LogP) is 5.89. The molecule has 2 fully saturated rings. The number of likely N-dealkylation sites (tertiary alicyclic amines) is 1. The van der Waals surface area contributed by atoms with Gasteiger partial charge in [0.25, 0.3) is 0 Å². The van der Waals surface area contributed by atoms with Crippen molar-refractivity contribution in [3.8, 4) is 5.75 Å². The fraction of sp³-hybridized carbons (Fsp3) is 0.458. The van der Waals surface area contributed by atoms with E-state index in [1.807, 2.05) is 6.92 Å². The Morgan fingerprint density at radius 1 is 1.19 bits per heavy atom. The SMILES string of the molecule is COC(=O)c1cc(C2CC2)c(OC2CCCN([C@@H](C)c3ccc(F)cc3Cl)C2)cc1F. The summed E-state index contributed by atoms with van der Waals surface area (Å²) in [6, 6.07) is 7.37. The zero-order valence-electron chi connectivity index (χ0n) is 17.7. The number of methoxy groups -OCH3 is 1. The third-order valence-electron chi connectivity index (χ3n) is 6.19. The highest BCUT2D eigenvalue weighted by Gasteiger charge is 2.32. The van der Waals surface area contributed by atoms with Gasteiger partial charge in [-0.05, 0) is 74.4 Å². The summed E-state index contributed by atoms with van der Waals surface area (Å²) in [5, 5.41) is 0.409. The smallest absolute Gasteiger partial charge is 0.340 e. The van der Waals surface area contributed by atoms with Crippen molar-refractivity contribution in [2.75, 3.05) is 20.2 Å². The third kappa shape index (κ3) is 4.85. The number of hydrogen-bond acceptors (Lipinski definition) is 4. The van der Waals surface area contributed by atoms with Crippen LogP contribution < -0.4 is 4.74 Å². The molecule has 0 radical (unpaired) electrons. The van der Waals surface area contributed by atoms with Gasteiger partial charge in [0.15, 0.2) is 0 Å². The van der Waals surface area contributed by atoms with E-state index in [0.717, 1.165) is 43.4 Å². The first-order chi connectivity index (χ1) is 14.9. The average molecular weight is 450 g/mol. The Bertz CT molecular complexity index is 980. The van der Waals surface area contributed by atoms with Gasteiger partial charge < -0.3 is 9.47 Å². The van der Waals surface area contributed by atoms with Crippen LogP contribution in [0.4, 0.5) is 8.78 Å². The maximum absolute atomic E-state index is 14.6. The van der Waals surface area contributed by atoms with Gasteiger partial charge in [0.05, 0.1) is 12.7 Å². The van der Waals surface area contributed by atoms with Crippen LogP contribution in [0.5, 0.6) is 5.75 Å². The molecule has 1 saturated carbocycles. The lowest BCUT2D eigenvalue weighted by atomic mass is 10.0. The molecule has 1 heterocycles. The molecule has 0 bridgehead atoms. The molecule has 31 heavy (non-hydrogen) atoms. The molecule has 4 rings (SSSR count). The van der Waals surface area contributed by atoms with Crippen molar-refractivity contribution in [2.24, 2.45) is 0 Å². The van der Waals surface area contributed by atoms with Crippen LogP contribution >= 0.6 is 11.6 Å². The lowest BCUT2D eigenvalue weighted by molar-refractivity contribution is 0.0592. The Kier molecular flexibility index (Phi) is 6.49. The highest BCUT2D eigenvalue weighted by molar-refractivity contribution is 6.31. The molecule has 2 aromatic rings. The summed E-state index contributed by atoms with van der Waals surface area (Å²) in [5.74, 6) is -0.876. The molecule has 4 nitrogen and oxygen atoms in total. The molecule has 1 saturated heterocycles. The number of esters is 1. The number of nitrogens with zero attached hydrogens (tertiary/aromatic N) is 1. The number of piperidine rings is 1. The number of benzene rings is 2. The van der Waals surface area contributed by atoms with E-state index in [2.05, 4.69) is 4.90 Å². The van der Waals surface area contributed by atoms with Gasteiger partial charge in [0.2, 0.25) is 0 Å². The van der Waals surface area contributed by atoms with E-state index < -0.39 is 11.8 Å². The van der Waals surface area contributed by atoms with E-state index in [1.165, 1.54) is 25.3 Å². The van der Waals surface area contributed by atoms with Gasteiger partial charge in [-0.1, -0.05) is 17.7 Å². The zero-order chi connectivity index (χ0) is 22.1. The summed E-state index contributed by atoms with van der Waals surface area (Å²) in [6.07, 6.45) is 3.66. The van der Waals surface area contributed by atoms with Crippen LogP contribution in [0.15, 0.2) is 30.3 Å². The van der Waals surface area contributed by atoms with Gasteiger partial charge in [0.1, 0.15) is 23.5 Å². The Morgan fingerprint density at radius 3 is 2.65 bits per heavy atom. The first-order valence-corrected chi connectivity index (χ1v) is 11.0. The molecule has 2 aromatic carbocycles. The van der Waals surface area contributed by atoms with E-state index in [9.17, 15) is 13.6 Å². The van der Waals surface area contributed by atoms with Crippen molar-refractivity contribution in [3.63, 3.8) is 0 Å². The quantitative estimate of drug-likeness (QED) is 0.516. The molecule has 166 valence electrons. The van der Waals surface area contributed by atoms with Crippen LogP contribution in [0.3, 0.4) is 0 Å². The van der Waals surface area contributed by atoms with Gasteiger partial charge in [-0.2, -0.15) is 0 Å². The van der Waals surface area contributed by atoms with Crippen LogP contribution in [-0.4, -0.2) is 37.2 Å². The summed E-state index contributed by atoms with van der Waals surface area (Å²) < 4.78 is 39.0. The van der Waals surface area contributed by atoms with Crippen LogP contribution in [0.25, 0.3) is 0 Å². The van der Waals surface area contributed by atoms with Gasteiger partial charge in [-0.25, -0.2) is 13.6 Å². The average Bonchev–Trinajstić information content (AvgIpc) is 3.58. The molecular weight excluding hydrogens is 424 g/mol. The van der Waals surface area contributed by atoms with Crippen LogP contribution in [0.1, 0.15) is 66.1 Å². The molecule has 1 aliphatic heterocycles. The van der Waals surface area contributed by atoms with E-state index >= 15 is 0 Å². The fourth-order valence-corrected chi connectivity index (χ4v) is 4.61. The van der Waals surface area contributed by atoms with Crippen molar-refractivity contribution in [2.45, 2.75) is 50.7 Å². The normalized spacial score (nSPS) is 20.4. The lowest BCUT2D eigenvalue weighted by Crippen LogP contribution is -2.42. The van der Waals surface area contributed by atoms with Crippen molar-refractivity contribution >= 4 is 17.6 Å². The van der Waals surface area contributed by atoms with Crippen LogP contribution in [-0.2, 0) is 4.74 Å². The molecule has 1 unspecified atom stereocenters. The Labute approximate surface area is 186 Å². The summed E-state index contributed by atoms with van der Waals surface area (Å²) in [6.45, 7) is 3.57. The molecule has 0 aromatic heterocycles. The second-order valence-corrected chi connectivity index (χ2v) is 8.76.